The van der Waals surface area contributed by atoms with Gasteiger partial charge in [-0.05, 0) is 19.9 Å². The van der Waals surface area contributed by atoms with Crippen molar-refractivity contribution in [3.8, 4) is 0 Å². The lowest BCUT2D eigenvalue weighted by molar-refractivity contribution is -0.127. The Bertz CT molecular complexity index is 258. The van der Waals surface area contributed by atoms with Crippen LogP contribution < -0.4 is 16.4 Å². The van der Waals surface area contributed by atoms with Crippen LogP contribution in [0.25, 0.3) is 0 Å². The van der Waals surface area contributed by atoms with E-state index in [1.54, 1.807) is 0 Å². The number of urea groups is 1. The van der Waals surface area contributed by atoms with Crippen LogP contribution in [0.5, 0.6) is 0 Å². The van der Waals surface area contributed by atoms with Gasteiger partial charge < -0.3 is 15.8 Å². The smallest absolute Gasteiger partial charge is 0.318 e. The summed E-state index contributed by atoms with van der Waals surface area (Å²) in [6.45, 7) is -0.119. The molecule has 1 rings (SSSR count). The number of hydrogen-bond donors (Lipinski definition) is 3. The number of rotatable bonds is 4. The Morgan fingerprint density at radius 1 is 1.38 bits per heavy atom. The molecule has 2 atom stereocenters. The fraction of sp³-hybridized carbons (Fsp3) is 0.800. The molecule has 0 heterocycles. The van der Waals surface area contributed by atoms with E-state index in [0.717, 1.165) is 19.3 Å². The van der Waals surface area contributed by atoms with E-state index >= 15 is 0 Å². The largest absolute Gasteiger partial charge is 0.367 e. The lowest BCUT2D eigenvalue weighted by atomic mass is 9.92. The summed E-state index contributed by atoms with van der Waals surface area (Å²) >= 11 is 0. The third-order valence-corrected chi connectivity index (χ3v) is 2.76. The number of primary amides is 1. The van der Waals surface area contributed by atoms with Crippen molar-refractivity contribution in [1.29, 1.82) is 0 Å². The zero-order chi connectivity index (χ0) is 12.0. The van der Waals surface area contributed by atoms with Crippen LogP contribution in [0, 0.1) is 0 Å². The SMILES string of the molecule is CNC1CCCCC1OCC(=O)NC(N)=O. The molecule has 16 heavy (non-hydrogen) atoms. The monoisotopic (exact) mass is 229 g/mol. The van der Waals surface area contributed by atoms with Gasteiger partial charge in [0.25, 0.3) is 5.91 Å². The van der Waals surface area contributed by atoms with Gasteiger partial charge in [-0.15, -0.1) is 0 Å². The lowest BCUT2D eigenvalue weighted by Crippen LogP contribution is -2.44. The Hall–Kier alpha value is -1.14. The molecule has 0 aromatic heterocycles. The van der Waals surface area contributed by atoms with Crippen LogP contribution in [0.4, 0.5) is 4.79 Å². The quantitative estimate of drug-likeness (QED) is 0.618. The number of imide groups is 1. The molecule has 1 aliphatic rings. The number of carbonyl (C=O) groups is 2. The molecule has 0 bridgehead atoms. The molecule has 1 aliphatic carbocycles. The Balaban J connectivity index is 2.29. The Kier molecular flexibility index (Phi) is 5.21. The highest BCUT2D eigenvalue weighted by Gasteiger charge is 2.24. The molecule has 3 amide bonds. The summed E-state index contributed by atoms with van der Waals surface area (Å²) in [6, 6.07) is -0.558. The first-order chi connectivity index (χ1) is 7.63. The summed E-state index contributed by atoms with van der Waals surface area (Å²) in [6.07, 6.45) is 4.32. The molecule has 1 saturated carbocycles. The highest BCUT2D eigenvalue weighted by atomic mass is 16.5. The molecule has 2 unspecified atom stereocenters. The first-order valence-corrected chi connectivity index (χ1v) is 5.51. The second-order valence-corrected chi connectivity index (χ2v) is 3.94. The van der Waals surface area contributed by atoms with Gasteiger partial charge in [0.15, 0.2) is 0 Å². The van der Waals surface area contributed by atoms with Crippen molar-refractivity contribution >= 4 is 11.9 Å². The Labute approximate surface area is 94.9 Å². The van der Waals surface area contributed by atoms with Crippen LogP contribution in [0.15, 0.2) is 0 Å². The standard InChI is InChI=1S/C10H19N3O3/c1-12-7-4-2-3-5-8(7)16-6-9(14)13-10(11)15/h7-8,12H,2-6H2,1H3,(H3,11,13,14,15). The summed E-state index contributed by atoms with van der Waals surface area (Å²) < 4.78 is 5.47. The Morgan fingerprint density at radius 3 is 2.69 bits per heavy atom. The van der Waals surface area contributed by atoms with Crippen LogP contribution in [-0.2, 0) is 9.53 Å². The van der Waals surface area contributed by atoms with E-state index in [4.69, 9.17) is 10.5 Å². The van der Waals surface area contributed by atoms with E-state index in [1.807, 2.05) is 12.4 Å². The molecule has 92 valence electrons. The van der Waals surface area contributed by atoms with Gasteiger partial charge in [0.2, 0.25) is 0 Å². The summed E-state index contributed by atoms with van der Waals surface area (Å²) in [5, 5.41) is 5.14. The first kappa shape index (κ1) is 12.9. The van der Waals surface area contributed by atoms with E-state index in [2.05, 4.69) is 5.32 Å². The summed E-state index contributed by atoms with van der Waals surface area (Å²) in [4.78, 5) is 21.5. The van der Waals surface area contributed by atoms with Gasteiger partial charge in [0.05, 0.1) is 6.10 Å². The first-order valence-electron chi connectivity index (χ1n) is 5.51. The Morgan fingerprint density at radius 2 is 2.06 bits per heavy atom. The molecule has 6 heteroatoms. The van der Waals surface area contributed by atoms with Crippen molar-refractivity contribution in [2.24, 2.45) is 5.73 Å². The number of likely N-dealkylation sites (N-methyl/N-ethyl adjacent to an activating group) is 1. The van der Waals surface area contributed by atoms with Gasteiger partial charge in [0, 0.05) is 6.04 Å². The molecule has 0 aromatic rings. The van der Waals surface area contributed by atoms with Crippen molar-refractivity contribution in [3.63, 3.8) is 0 Å². The number of carbonyl (C=O) groups excluding carboxylic acids is 2. The molecule has 1 fully saturated rings. The summed E-state index contributed by atoms with van der Waals surface area (Å²) in [7, 11) is 1.88. The van der Waals surface area contributed by atoms with Gasteiger partial charge in [-0.3, -0.25) is 10.1 Å². The number of ether oxygens (including phenoxy) is 1. The lowest BCUT2D eigenvalue weighted by Gasteiger charge is -2.30. The predicted molar refractivity (Wildman–Crippen MR) is 58.8 cm³/mol. The zero-order valence-corrected chi connectivity index (χ0v) is 9.49. The van der Waals surface area contributed by atoms with Crippen LogP contribution in [0.3, 0.4) is 0 Å². The van der Waals surface area contributed by atoms with Crippen LogP contribution >= 0.6 is 0 Å². The van der Waals surface area contributed by atoms with Crippen molar-refractivity contribution < 1.29 is 14.3 Å². The normalized spacial score (nSPS) is 25.1. The third-order valence-electron chi connectivity index (χ3n) is 2.76. The molecule has 6 nitrogen and oxygen atoms in total. The predicted octanol–water partition coefficient (Wildman–Crippen LogP) is -0.271. The maximum Gasteiger partial charge on any atom is 0.318 e. The van der Waals surface area contributed by atoms with E-state index < -0.39 is 11.9 Å². The maximum atomic E-state index is 11.1. The van der Waals surface area contributed by atoms with Crippen molar-refractivity contribution in [2.75, 3.05) is 13.7 Å². The molecule has 4 N–H and O–H groups in total. The van der Waals surface area contributed by atoms with Gasteiger partial charge in [0.1, 0.15) is 6.61 Å². The molecule has 0 aliphatic heterocycles. The second kappa shape index (κ2) is 6.44. The van der Waals surface area contributed by atoms with Crippen LogP contribution in [0.2, 0.25) is 0 Å². The minimum Gasteiger partial charge on any atom is -0.367 e. The van der Waals surface area contributed by atoms with Gasteiger partial charge in [-0.1, -0.05) is 12.8 Å². The zero-order valence-electron chi connectivity index (χ0n) is 9.49. The number of nitrogens with two attached hydrogens (primary N) is 1. The summed E-state index contributed by atoms with van der Waals surface area (Å²) in [5.74, 6) is -0.493. The van der Waals surface area contributed by atoms with Gasteiger partial charge in [-0.2, -0.15) is 0 Å². The van der Waals surface area contributed by atoms with Gasteiger partial charge in [-0.25, -0.2) is 4.79 Å². The van der Waals surface area contributed by atoms with Crippen molar-refractivity contribution in [2.45, 2.75) is 37.8 Å². The van der Waals surface area contributed by atoms with Crippen molar-refractivity contribution in [1.82, 2.24) is 10.6 Å². The van der Waals surface area contributed by atoms with Crippen molar-refractivity contribution in [3.05, 3.63) is 0 Å². The third kappa shape index (κ3) is 4.16. The fourth-order valence-electron chi connectivity index (χ4n) is 1.98. The van der Waals surface area contributed by atoms with Gasteiger partial charge >= 0.3 is 6.03 Å². The molecule has 0 aromatic carbocycles. The number of amides is 3. The average Bonchev–Trinajstić information content (AvgIpc) is 2.26. The second-order valence-electron chi connectivity index (χ2n) is 3.94. The maximum absolute atomic E-state index is 11.1. The van der Waals surface area contributed by atoms with Crippen LogP contribution in [0.1, 0.15) is 25.7 Å². The average molecular weight is 229 g/mol. The molecular weight excluding hydrogens is 210 g/mol. The molecular formula is C10H19N3O3. The minimum atomic E-state index is -0.845. The summed E-state index contributed by atoms with van der Waals surface area (Å²) in [5.41, 5.74) is 4.82. The van der Waals surface area contributed by atoms with E-state index in [-0.39, 0.29) is 18.8 Å². The highest BCUT2D eigenvalue weighted by molar-refractivity contribution is 5.94. The highest BCUT2D eigenvalue weighted by Crippen LogP contribution is 2.20. The van der Waals surface area contributed by atoms with E-state index in [9.17, 15) is 9.59 Å². The minimum absolute atomic E-state index is 0.0392. The van der Waals surface area contributed by atoms with E-state index in [0.29, 0.717) is 0 Å². The molecule has 0 radical (unpaired) electrons. The van der Waals surface area contributed by atoms with Crippen LogP contribution in [-0.4, -0.2) is 37.7 Å². The number of nitrogens with one attached hydrogen (secondary N) is 2. The molecule has 0 saturated heterocycles. The topological polar surface area (TPSA) is 93.4 Å². The fourth-order valence-corrected chi connectivity index (χ4v) is 1.98. The van der Waals surface area contributed by atoms with E-state index in [1.165, 1.54) is 6.42 Å². The number of hydrogen-bond acceptors (Lipinski definition) is 4. The molecule has 0 spiro atoms.